The zero-order valence-electron chi connectivity index (χ0n) is 14.4. The van der Waals surface area contributed by atoms with Gasteiger partial charge in [0, 0.05) is 41.2 Å². The third kappa shape index (κ3) is 2.18. The van der Waals surface area contributed by atoms with Gasteiger partial charge in [-0.2, -0.15) is 5.10 Å². The molecule has 4 rings (SSSR count). The van der Waals surface area contributed by atoms with Gasteiger partial charge in [0.05, 0.1) is 22.9 Å². The van der Waals surface area contributed by atoms with Crippen LogP contribution >= 0.6 is 0 Å². The Balaban J connectivity index is 2.08. The molecule has 0 aliphatic heterocycles. The molecule has 4 heteroatoms. The summed E-state index contributed by atoms with van der Waals surface area (Å²) in [5.41, 5.74) is 5.42. The number of aromatic nitrogens is 4. The molecule has 0 saturated heterocycles. The third-order valence-corrected chi connectivity index (χ3v) is 4.42. The largest absolute Gasteiger partial charge is 0.271 e. The van der Waals surface area contributed by atoms with Gasteiger partial charge in [0.15, 0.2) is 0 Å². The summed E-state index contributed by atoms with van der Waals surface area (Å²) in [6, 6.07) is 10.4. The van der Waals surface area contributed by atoms with E-state index in [0.717, 1.165) is 32.9 Å². The molecule has 0 bridgehead atoms. The van der Waals surface area contributed by atoms with Crippen LogP contribution in [0.3, 0.4) is 0 Å². The molecule has 3 heterocycles. The number of aryl methyl sites for hydroxylation is 1. The zero-order valence-corrected chi connectivity index (χ0v) is 14.4. The summed E-state index contributed by atoms with van der Waals surface area (Å²) in [6.07, 6.45) is 5.64. The monoisotopic (exact) mass is 316 g/mol. The van der Waals surface area contributed by atoms with Gasteiger partial charge in [-0.1, -0.05) is 39.0 Å². The van der Waals surface area contributed by atoms with E-state index < -0.39 is 0 Å². The maximum Gasteiger partial charge on any atom is 0.0970 e. The van der Waals surface area contributed by atoms with Crippen LogP contribution in [0.15, 0.2) is 48.9 Å². The Hall–Kier alpha value is -2.75. The normalized spacial score (nSPS) is 12.2. The van der Waals surface area contributed by atoms with E-state index in [-0.39, 0.29) is 5.41 Å². The Morgan fingerprint density at radius 2 is 1.67 bits per heavy atom. The quantitative estimate of drug-likeness (QED) is 0.486. The highest BCUT2D eigenvalue weighted by Crippen LogP contribution is 2.36. The molecule has 4 nitrogen and oxygen atoms in total. The van der Waals surface area contributed by atoms with Gasteiger partial charge in [-0.05, 0) is 17.7 Å². The van der Waals surface area contributed by atoms with Crippen molar-refractivity contribution in [2.24, 2.45) is 7.05 Å². The lowest BCUT2D eigenvalue weighted by atomic mass is 9.86. The van der Waals surface area contributed by atoms with Crippen LogP contribution in [-0.2, 0) is 12.5 Å². The Morgan fingerprint density at radius 1 is 0.875 bits per heavy atom. The lowest BCUT2D eigenvalue weighted by Gasteiger charge is -2.21. The molecule has 0 atom stereocenters. The van der Waals surface area contributed by atoms with Crippen molar-refractivity contribution in [3.8, 4) is 11.1 Å². The number of benzene rings is 1. The van der Waals surface area contributed by atoms with Crippen molar-refractivity contribution >= 4 is 21.8 Å². The molecule has 24 heavy (non-hydrogen) atoms. The first kappa shape index (κ1) is 14.8. The lowest BCUT2D eigenvalue weighted by Crippen LogP contribution is -2.17. The molecular formula is C20H20N4. The number of hydrogen-bond donors (Lipinski definition) is 0. The Kier molecular flexibility index (Phi) is 3.17. The SMILES string of the molecule is Cn1ncc(-c2ccnc3c2ccc2cccnc23)c1C(C)(C)C. The van der Waals surface area contributed by atoms with Gasteiger partial charge >= 0.3 is 0 Å². The van der Waals surface area contributed by atoms with E-state index in [1.54, 1.807) is 0 Å². The van der Waals surface area contributed by atoms with Crippen molar-refractivity contribution in [2.45, 2.75) is 26.2 Å². The fraction of sp³-hybridized carbons (Fsp3) is 0.250. The second-order valence-electron chi connectivity index (χ2n) is 7.18. The maximum atomic E-state index is 4.60. The molecule has 0 saturated carbocycles. The van der Waals surface area contributed by atoms with Crippen LogP contribution in [-0.4, -0.2) is 19.7 Å². The first-order chi connectivity index (χ1) is 11.5. The van der Waals surface area contributed by atoms with E-state index >= 15 is 0 Å². The number of hydrogen-bond acceptors (Lipinski definition) is 3. The molecule has 0 amide bonds. The number of nitrogens with zero attached hydrogens (tertiary/aromatic N) is 4. The van der Waals surface area contributed by atoms with E-state index in [0.29, 0.717) is 0 Å². The van der Waals surface area contributed by atoms with Gasteiger partial charge in [0.25, 0.3) is 0 Å². The summed E-state index contributed by atoms with van der Waals surface area (Å²) < 4.78 is 1.97. The fourth-order valence-corrected chi connectivity index (χ4v) is 3.51. The molecule has 0 aliphatic carbocycles. The Bertz CT molecular complexity index is 1050. The van der Waals surface area contributed by atoms with Gasteiger partial charge < -0.3 is 0 Å². The van der Waals surface area contributed by atoms with E-state index in [1.807, 2.05) is 36.4 Å². The van der Waals surface area contributed by atoms with Gasteiger partial charge in [0.2, 0.25) is 0 Å². The van der Waals surface area contributed by atoms with Gasteiger partial charge in [-0.15, -0.1) is 0 Å². The summed E-state index contributed by atoms with van der Waals surface area (Å²) in [6.45, 7) is 6.65. The standard InChI is InChI=1S/C20H20N4/c1-20(2,3)19-16(12-23-24(19)4)14-9-11-22-18-15(14)8-7-13-6-5-10-21-17(13)18/h5-12H,1-4H3. The highest BCUT2D eigenvalue weighted by atomic mass is 15.3. The number of pyridine rings is 2. The molecule has 0 spiro atoms. The van der Waals surface area contributed by atoms with Crippen molar-refractivity contribution < 1.29 is 0 Å². The van der Waals surface area contributed by atoms with Crippen molar-refractivity contribution in [3.63, 3.8) is 0 Å². The summed E-state index contributed by atoms with van der Waals surface area (Å²) in [4.78, 5) is 9.14. The van der Waals surface area contributed by atoms with Gasteiger partial charge in [-0.25, -0.2) is 0 Å². The molecule has 0 N–H and O–H groups in total. The molecule has 4 aromatic rings. The van der Waals surface area contributed by atoms with Crippen LogP contribution in [0.1, 0.15) is 26.5 Å². The molecule has 0 fully saturated rings. The minimum Gasteiger partial charge on any atom is -0.271 e. The molecule has 120 valence electrons. The highest BCUT2D eigenvalue weighted by Gasteiger charge is 2.24. The average molecular weight is 316 g/mol. The van der Waals surface area contributed by atoms with Crippen LogP contribution in [0, 0.1) is 0 Å². The molecule has 1 aromatic carbocycles. The topological polar surface area (TPSA) is 43.6 Å². The molecule has 0 unspecified atom stereocenters. The summed E-state index contributed by atoms with van der Waals surface area (Å²) in [5, 5.41) is 6.73. The summed E-state index contributed by atoms with van der Waals surface area (Å²) in [5.74, 6) is 0. The minimum absolute atomic E-state index is 0.00523. The van der Waals surface area contributed by atoms with Crippen molar-refractivity contribution in [3.05, 3.63) is 54.6 Å². The summed E-state index contributed by atoms with van der Waals surface area (Å²) >= 11 is 0. The molecule has 0 radical (unpaired) electrons. The smallest absolute Gasteiger partial charge is 0.0970 e. The maximum absolute atomic E-state index is 4.60. The van der Waals surface area contributed by atoms with E-state index in [1.165, 1.54) is 5.69 Å². The second kappa shape index (κ2) is 5.13. The molecule has 0 aliphatic rings. The van der Waals surface area contributed by atoms with Crippen LogP contribution in [0.2, 0.25) is 0 Å². The van der Waals surface area contributed by atoms with Crippen molar-refractivity contribution in [1.82, 2.24) is 19.7 Å². The average Bonchev–Trinajstić information content (AvgIpc) is 2.96. The third-order valence-electron chi connectivity index (χ3n) is 4.42. The Labute approximate surface area is 141 Å². The van der Waals surface area contributed by atoms with E-state index in [2.05, 4.69) is 60.1 Å². The second-order valence-corrected chi connectivity index (χ2v) is 7.18. The van der Waals surface area contributed by atoms with Gasteiger partial charge in [-0.3, -0.25) is 14.6 Å². The van der Waals surface area contributed by atoms with Gasteiger partial charge in [0.1, 0.15) is 0 Å². The molecular weight excluding hydrogens is 296 g/mol. The first-order valence-corrected chi connectivity index (χ1v) is 8.12. The van der Waals surface area contributed by atoms with E-state index in [4.69, 9.17) is 0 Å². The minimum atomic E-state index is 0.00523. The van der Waals surface area contributed by atoms with Crippen LogP contribution < -0.4 is 0 Å². The fourth-order valence-electron chi connectivity index (χ4n) is 3.51. The predicted molar refractivity (Wildman–Crippen MR) is 97.9 cm³/mol. The van der Waals surface area contributed by atoms with Crippen molar-refractivity contribution in [1.29, 1.82) is 0 Å². The van der Waals surface area contributed by atoms with Crippen LogP contribution in [0.5, 0.6) is 0 Å². The zero-order chi connectivity index (χ0) is 16.9. The van der Waals surface area contributed by atoms with Crippen molar-refractivity contribution in [2.75, 3.05) is 0 Å². The van der Waals surface area contributed by atoms with Crippen LogP contribution in [0.4, 0.5) is 0 Å². The Morgan fingerprint density at radius 3 is 2.46 bits per heavy atom. The molecule has 3 aromatic heterocycles. The predicted octanol–water partition coefficient (Wildman–Crippen LogP) is 4.48. The number of fused-ring (bicyclic) bond motifs is 3. The highest BCUT2D eigenvalue weighted by molar-refractivity contribution is 6.08. The number of rotatable bonds is 1. The summed E-state index contributed by atoms with van der Waals surface area (Å²) in [7, 11) is 2.00. The first-order valence-electron chi connectivity index (χ1n) is 8.12. The van der Waals surface area contributed by atoms with E-state index in [9.17, 15) is 0 Å². The van der Waals surface area contributed by atoms with Crippen LogP contribution in [0.25, 0.3) is 32.9 Å². The lowest BCUT2D eigenvalue weighted by molar-refractivity contribution is 0.524.